The predicted octanol–water partition coefficient (Wildman–Crippen LogP) is 3.76. The topological polar surface area (TPSA) is 96.4 Å². The maximum Gasteiger partial charge on any atom is 0.312 e. The number of nitrogens with zero attached hydrogens (tertiary/aromatic N) is 2. The fraction of sp³-hybridized carbons (Fsp3) is 0.552. The lowest BCUT2D eigenvalue weighted by Gasteiger charge is -2.37. The third kappa shape index (κ3) is 4.56. The van der Waals surface area contributed by atoms with E-state index in [9.17, 15) is 19.5 Å². The summed E-state index contributed by atoms with van der Waals surface area (Å²) in [7, 11) is 0. The van der Waals surface area contributed by atoms with Crippen LogP contribution >= 0.6 is 11.6 Å². The van der Waals surface area contributed by atoms with Crippen molar-refractivity contribution in [3.8, 4) is 0 Å². The standard InChI is InChI=1S/C29H37ClN2O6/c1-5-7-17-37-27(36)23-22-25(34)32(15-8-9-16-33)24(29(22)18-19(3)28(23,4)38-29)26(35)31(14-6-2)21-12-10-20(30)11-13-21/h5-6,10-13,19,22-24,33H,1-2,7-9,14-18H2,3-4H3/t19?,22-,23+,24?,28-,29?/m0/s1. The minimum Gasteiger partial charge on any atom is -0.465 e. The lowest BCUT2D eigenvalue weighted by atomic mass is 9.62. The second kappa shape index (κ2) is 11.2. The number of aliphatic hydroxyl groups is 1. The number of benzene rings is 1. The fourth-order valence-electron chi connectivity index (χ4n) is 6.56. The molecule has 9 heteroatoms. The van der Waals surface area contributed by atoms with E-state index < -0.39 is 35.0 Å². The molecule has 0 radical (unpaired) electrons. The van der Waals surface area contributed by atoms with Crippen LogP contribution in [-0.4, -0.2) is 71.3 Å². The average Bonchev–Trinajstić information content (AvgIpc) is 3.40. The molecule has 3 heterocycles. The first kappa shape index (κ1) is 28.3. The number of halogens is 1. The lowest BCUT2D eigenvalue weighted by Crippen LogP contribution is -2.57. The Balaban J connectivity index is 1.77. The number of rotatable bonds is 12. The van der Waals surface area contributed by atoms with Crippen molar-refractivity contribution in [1.29, 1.82) is 0 Å². The number of fused-ring (bicyclic) bond motifs is 1. The molecule has 3 saturated heterocycles. The lowest BCUT2D eigenvalue weighted by molar-refractivity contribution is -0.161. The normalized spacial score (nSPS) is 31.3. The Bertz CT molecular complexity index is 1090. The van der Waals surface area contributed by atoms with E-state index in [1.807, 2.05) is 13.8 Å². The molecule has 3 fully saturated rings. The molecule has 3 aliphatic rings. The predicted molar refractivity (Wildman–Crippen MR) is 145 cm³/mol. The molecular formula is C29H37ClN2O6. The molecule has 1 aromatic rings. The summed E-state index contributed by atoms with van der Waals surface area (Å²) in [6.45, 7) is 12.0. The molecule has 2 amide bonds. The van der Waals surface area contributed by atoms with E-state index >= 15 is 0 Å². The second-order valence-corrected chi connectivity index (χ2v) is 11.1. The Morgan fingerprint density at radius 1 is 1.26 bits per heavy atom. The van der Waals surface area contributed by atoms with Gasteiger partial charge in [0.25, 0.3) is 5.91 Å². The molecular weight excluding hydrogens is 508 g/mol. The van der Waals surface area contributed by atoms with Crippen molar-refractivity contribution in [1.82, 2.24) is 4.90 Å². The Hall–Kier alpha value is -2.68. The van der Waals surface area contributed by atoms with E-state index in [0.29, 0.717) is 36.4 Å². The van der Waals surface area contributed by atoms with Crippen LogP contribution < -0.4 is 4.90 Å². The highest BCUT2D eigenvalue weighted by Crippen LogP contribution is 2.65. The molecule has 206 valence electrons. The van der Waals surface area contributed by atoms with Crippen molar-refractivity contribution in [2.24, 2.45) is 17.8 Å². The van der Waals surface area contributed by atoms with Gasteiger partial charge < -0.3 is 24.4 Å². The van der Waals surface area contributed by atoms with Gasteiger partial charge in [0.15, 0.2) is 0 Å². The number of hydrogen-bond acceptors (Lipinski definition) is 6. The summed E-state index contributed by atoms with van der Waals surface area (Å²) in [6, 6.07) is 5.97. The summed E-state index contributed by atoms with van der Waals surface area (Å²) in [5, 5.41) is 9.91. The van der Waals surface area contributed by atoms with Gasteiger partial charge in [-0.2, -0.15) is 0 Å². The summed E-state index contributed by atoms with van der Waals surface area (Å²) >= 11 is 6.09. The van der Waals surface area contributed by atoms with Crippen molar-refractivity contribution in [2.45, 2.75) is 56.8 Å². The number of carbonyl (C=O) groups excluding carboxylic acids is 3. The van der Waals surface area contributed by atoms with E-state index in [2.05, 4.69) is 13.2 Å². The first-order valence-electron chi connectivity index (χ1n) is 13.2. The number of hydrogen-bond donors (Lipinski definition) is 1. The van der Waals surface area contributed by atoms with Crippen LogP contribution in [0.5, 0.6) is 0 Å². The third-order valence-electron chi connectivity index (χ3n) is 8.39. The highest BCUT2D eigenvalue weighted by atomic mass is 35.5. The van der Waals surface area contributed by atoms with Crippen LogP contribution in [0, 0.1) is 17.8 Å². The smallest absolute Gasteiger partial charge is 0.312 e. The average molecular weight is 545 g/mol. The first-order chi connectivity index (χ1) is 18.2. The SMILES string of the molecule is C=CCCOC(=O)[C@H]1[C@H]2C(=O)N(CCCCO)C(C(=O)N(CC=C)c3ccc(Cl)cc3)C23CC(C)[C@]1(C)O3. The molecule has 38 heavy (non-hydrogen) atoms. The largest absolute Gasteiger partial charge is 0.465 e. The molecule has 8 nitrogen and oxygen atoms in total. The maximum atomic E-state index is 14.4. The highest BCUT2D eigenvalue weighted by molar-refractivity contribution is 6.30. The molecule has 0 saturated carbocycles. The zero-order valence-electron chi connectivity index (χ0n) is 22.1. The highest BCUT2D eigenvalue weighted by Gasteiger charge is 2.80. The van der Waals surface area contributed by atoms with Gasteiger partial charge in [0.2, 0.25) is 5.91 Å². The van der Waals surface area contributed by atoms with Crippen LogP contribution in [0.3, 0.4) is 0 Å². The molecule has 0 aromatic heterocycles. The number of unbranched alkanes of at least 4 members (excludes halogenated alkanes) is 1. The number of anilines is 1. The fourth-order valence-corrected chi connectivity index (χ4v) is 6.69. The summed E-state index contributed by atoms with van der Waals surface area (Å²) in [5.74, 6) is -2.81. The third-order valence-corrected chi connectivity index (χ3v) is 8.64. The minimum atomic E-state index is -1.17. The van der Waals surface area contributed by atoms with Crippen LogP contribution in [-0.2, 0) is 23.9 Å². The number of amides is 2. The van der Waals surface area contributed by atoms with Crippen LogP contribution in [0.4, 0.5) is 5.69 Å². The second-order valence-electron chi connectivity index (χ2n) is 10.6. The van der Waals surface area contributed by atoms with E-state index in [1.54, 1.807) is 46.2 Å². The molecule has 3 aliphatic heterocycles. The quantitative estimate of drug-likeness (QED) is 0.244. The van der Waals surface area contributed by atoms with Gasteiger partial charge in [-0.15, -0.1) is 13.2 Å². The van der Waals surface area contributed by atoms with Gasteiger partial charge in [0, 0.05) is 30.4 Å². The molecule has 1 aromatic carbocycles. The zero-order chi connectivity index (χ0) is 27.7. The van der Waals surface area contributed by atoms with Gasteiger partial charge in [-0.25, -0.2) is 0 Å². The molecule has 6 atom stereocenters. The Morgan fingerprint density at radius 2 is 1.97 bits per heavy atom. The molecule has 4 rings (SSSR count). The zero-order valence-corrected chi connectivity index (χ0v) is 22.9. The van der Waals surface area contributed by atoms with Crippen LogP contribution in [0.1, 0.15) is 39.5 Å². The first-order valence-corrected chi connectivity index (χ1v) is 13.6. The number of ether oxygens (including phenoxy) is 2. The van der Waals surface area contributed by atoms with Crippen molar-refractivity contribution in [2.75, 3.05) is 31.2 Å². The molecule has 1 N–H and O–H groups in total. The summed E-state index contributed by atoms with van der Waals surface area (Å²) in [4.78, 5) is 45.1. The summed E-state index contributed by atoms with van der Waals surface area (Å²) in [6.07, 6.45) is 5.26. The molecule has 2 bridgehead atoms. The van der Waals surface area contributed by atoms with Gasteiger partial charge in [-0.1, -0.05) is 30.7 Å². The number of aliphatic hydroxyl groups excluding tert-OH is 1. The summed E-state index contributed by atoms with van der Waals surface area (Å²) in [5.41, 5.74) is -1.49. The minimum absolute atomic E-state index is 0.0214. The molecule has 0 aliphatic carbocycles. The monoisotopic (exact) mass is 544 g/mol. The van der Waals surface area contributed by atoms with E-state index in [-0.39, 0.29) is 44.0 Å². The van der Waals surface area contributed by atoms with Gasteiger partial charge in [-0.05, 0) is 62.8 Å². The number of likely N-dealkylation sites (tertiary alicyclic amines) is 1. The van der Waals surface area contributed by atoms with E-state index in [1.165, 1.54) is 0 Å². The van der Waals surface area contributed by atoms with Crippen LogP contribution in [0.2, 0.25) is 5.02 Å². The maximum absolute atomic E-state index is 14.4. The van der Waals surface area contributed by atoms with Crippen LogP contribution in [0.25, 0.3) is 0 Å². The van der Waals surface area contributed by atoms with E-state index in [4.69, 9.17) is 21.1 Å². The molecule has 1 spiro atoms. The Kier molecular flexibility index (Phi) is 8.35. The van der Waals surface area contributed by atoms with Gasteiger partial charge in [0.05, 0.1) is 18.1 Å². The van der Waals surface area contributed by atoms with Gasteiger partial charge >= 0.3 is 5.97 Å². The molecule has 3 unspecified atom stereocenters. The van der Waals surface area contributed by atoms with E-state index in [0.717, 1.165) is 0 Å². The van der Waals surface area contributed by atoms with Gasteiger partial charge in [0.1, 0.15) is 17.6 Å². The van der Waals surface area contributed by atoms with Gasteiger partial charge in [-0.3, -0.25) is 14.4 Å². The van der Waals surface area contributed by atoms with Crippen LogP contribution in [0.15, 0.2) is 49.6 Å². The van der Waals surface area contributed by atoms with Crippen molar-refractivity contribution < 1.29 is 29.0 Å². The Labute approximate surface area is 229 Å². The van der Waals surface area contributed by atoms with Crippen molar-refractivity contribution in [3.63, 3.8) is 0 Å². The van der Waals surface area contributed by atoms with Crippen molar-refractivity contribution >= 4 is 35.1 Å². The number of carbonyl (C=O) groups is 3. The Morgan fingerprint density at radius 3 is 2.61 bits per heavy atom. The summed E-state index contributed by atoms with van der Waals surface area (Å²) < 4.78 is 12.3. The van der Waals surface area contributed by atoms with Crippen molar-refractivity contribution in [3.05, 3.63) is 54.6 Å². The number of esters is 1.